The van der Waals surface area contributed by atoms with Crippen LogP contribution in [0, 0.1) is 6.92 Å². The van der Waals surface area contributed by atoms with Gasteiger partial charge in [-0.2, -0.15) is 0 Å². The van der Waals surface area contributed by atoms with E-state index in [0.29, 0.717) is 17.1 Å². The van der Waals surface area contributed by atoms with Gasteiger partial charge in [-0.15, -0.1) is 0 Å². The fourth-order valence-corrected chi connectivity index (χ4v) is 2.82. The molecule has 2 aromatic carbocycles. The zero-order valence-electron chi connectivity index (χ0n) is 17.0. The van der Waals surface area contributed by atoms with Crippen LogP contribution in [0.15, 0.2) is 60.8 Å². The Kier molecular flexibility index (Phi) is 6.34. The molecule has 6 nitrogen and oxygen atoms in total. The number of carbonyl (C=O) groups excluding carboxylic acids is 1. The van der Waals surface area contributed by atoms with Gasteiger partial charge in [0.1, 0.15) is 17.2 Å². The van der Waals surface area contributed by atoms with Crippen LogP contribution in [0.25, 0.3) is 0 Å². The molecule has 0 atom stereocenters. The Morgan fingerprint density at radius 2 is 1.79 bits per heavy atom. The van der Waals surface area contributed by atoms with Crippen LogP contribution >= 0.6 is 0 Å². The van der Waals surface area contributed by atoms with Crippen LogP contribution in [-0.2, 0) is 0 Å². The Hall–Kier alpha value is -3.54. The molecule has 3 aromatic rings. The van der Waals surface area contributed by atoms with Gasteiger partial charge in [0.15, 0.2) is 0 Å². The van der Waals surface area contributed by atoms with E-state index < -0.39 is 0 Å². The molecular weight excluding hydrogens is 366 g/mol. The quantitative estimate of drug-likeness (QED) is 0.580. The van der Waals surface area contributed by atoms with Gasteiger partial charge < -0.3 is 20.1 Å². The highest BCUT2D eigenvalue weighted by Crippen LogP contribution is 2.29. The van der Waals surface area contributed by atoms with Gasteiger partial charge in [0.25, 0.3) is 5.91 Å². The summed E-state index contributed by atoms with van der Waals surface area (Å²) in [4.78, 5) is 17.0. The molecule has 0 unspecified atom stereocenters. The Bertz CT molecular complexity index is 1000. The number of carbonyl (C=O) groups is 1. The summed E-state index contributed by atoms with van der Waals surface area (Å²) >= 11 is 0. The molecule has 1 heterocycles. The highest BCUT2D eigenvalue weighted by molar-refractivity contribution is 6.04. The van der Waals surface area contributed by atoms with Crippen molar-refractivity contribution < 1.29 is 14.3 Å². The summed E-state index contributed by atoms with van der Waals surface area (Å²) in [6.07, 6.45) is 1.60. The SMILES string of the molecule is COc1ccc(C)cc1Nc1ccnc(C(=O)Nc2ccccc2OC(C)C)c1. The van der Waals surface area contributed by atoms with Crippen molar-refractivity contribution >= 4 is 23.0 Å². The van der Waals surface area contributed by atoms with Crippen molar-refractivity contribution in [3.63, 3.8) is 0 Å². The van der Waals surface area contributed by atoms with E-state index >= 15 is 0 Å². The lowest BCUT2D eigenvalue weighted by Crippen LogP contribution is -2.15. The van der Waals surface area contributed by atoms with E-state index in [1.807, 2.05) is 57.2 Å². The molecule has 1 amide bonds. The Balaban J connectivity index is 1.80. The molecule has 0 saturated carbocycles. The number of rotatable bonds is 7. The molecule has 0 bridgehead atoms. The summed E-state index contributed by atoms with van der Waals surface area (Å²) in [7, 11) is 1.62. The number of aryl methyl sites for hydroxylation is 1. The number of nitrogens with zero attached hydrogens (tertiary/aromatic N) is 1. The number of nitrogens with one attached hydrogen (secondary N) is 2. The second-order valence-electron chi connectivity index (χ2n) is 6.88. The van der Waals surface area contributed by atoms with Crippen LogP contribution in [0.5, 0.6) is 11.5 Å². The standard InChI is InChI=1S/C23H25N3O3/c1-15(2)29-22-8-6-5-7-18(22)26-23(27)20-14-17(11-12-24-20)25-19-13-16(3)9-10-21(19)28-4/h5-15H,1-4H3,(H,24,25)(H,26,27). The molecule has 0 aliphatic carbocycles. The normalized spacial score (nSPS) is 10.5. The average Bonchev–Trinajstić information content (AvgIpc) is 2.69. The summed E-state index contributed by atoms with van der Waals surface area (Å²) in [5, 5.41) is 6.17. The smallest absolute Gasteiger partial charge is 0.274 e. The zero-order chi connectivity index (χ0) is 20.8. The van der Waals surface area contributed by atoms with Crippen molar-refractivity contribution in [1.82, 2.24) is 4.98 Å². The van der Waals surface area contributed by atoms with Crippen molar-refractivity contribution in [2.75, 3.05) is 17.7 Å². The first-order chi connectivity index (χ1) is 14.0. The molecule has 2 N–H and O–H groups in total. The third-order valence-electron chi connectivity index (χ3n) is 4.12. The minimum Gasteiger partial charge on any atom is -0.495 e. The number of benzene rings is 2. The van der Waals surface area contributed by atoms with Crippen LogP contribution < -0.4 is 20.1 Å². The molecule has 150 valence electrons. The second-order valence-corrected chi connectivity index (χ2v) is 6.88. The Morgan fingerprint density at radius 3 is 2.55 bits per heavy atom. The van der Waals surface area contributed by atoms with E-state index in [2.05, 4.69) is 15.6 Å². The minimum absolute atomic E-state index is 0.00279. The Labute approximate surface area is 170 Å². The minimum atomic E-state index is -0.315. The van der Waals surface area contributed by atoms with E-state index in [4.69, 9.17) is 9.47 Å². The number of methoxy groups -OCH3 is 1. The summed E-state index contributed by atoms with van der Waals surface area (Å²) in [5.41, 5.74) is 3.55. The number of hydrogen-bond donors (Lipinski definition) is 2. The molecule has 0 fully saturated rings. The largest absolute Gasteiger partial charge is 0.495 e. The van der Waals surface area contributed by atoms with Crippen molar-refractivity contribution in [3.8, 4) is 11.5 Å². The molecule has 1 aromatic heterocycles. The zero-order valence-corrected chi connectivity index (χ0v) is 17.0. The maximum atomic E-state index is 12.8. The van der Waals surface area contributed by atoms with Gasteiger partial charge >= 0.3 is 0 Å². The van der Waals surface area contributed by atoms with Crippen LogP contribution in [-0.4, -0.2) is 24.1 Å². The lowest BCUT2D eigenvalue weighted by atomic mass is 10.2. The third-order valence-corrected chi connectivity index (χ3v) is 4.12. The van der Waals surface area contributed by atoms with E-state index in [1.54, 1.807) is 31.5 Å². The topological polar surface area (TPSA) is 72.5 Å². The fraction of sp³-hybridized carbons (Fsp3) is 0.217. The summed E-state index contributed by atoms with van der Waals surface area (Å²) in [6, 6.07) is 16.7. The first-order valence-corrected chi connectivity index (χ1v) is 9.41. The molecule has 0 radical (unpaired) electrons. The number of amides is 1. The molecule has 3 rings (SSSR count). The number of para-hydroxylation sites is 2. The maximum Gasteiger partial charge on any atom is 0.274 e. The van der Waals surface area contributed by atoms with E-state index in [9.17, 15) is 4.79 Å². The average molecular weight is 391 g/mol. The first kappa shape index (κ1) is 20.2. The van der Waals surface area contributed by atoms with Gasteiger partial charge in [0, 0.05) is 11.9 Å². The van der Waals surface area contributed by atoms with Crippen molar-refractivity contribution in [2.24, 2.45) is 0 Å². The van der Waals surface area contributed by atoms with Crippen molar-refractivity contribution in [3.05, 3.63) is 72.1 Å². The van der Waals surface area contributed by atoms with Gasteiger partial charge in [-0.3, -0.25) is 9.78 Å². The van der Waals surface area contributed by atoms with Crippen LogP contribution in [0.3, 0.4) is 0 Å². The van der Waals surface area contributed by atoms with Gasteiger partial charge in [-0.1, -0.05) is 18.2 Å². The number of pyridine rings is 1. The molecular formula is C23H25N3O3. The van der Waals surface area contributed by atoms with Crippen molar-refractivity contribution in [2.45, 2.75) is 26.9 Å². The van der Waals surface area contributed by atoms with E-state index in [0.717, 1.165) is 22.7 Å². The third kappa shape index (κ3) is 5.25. The van der Waals surface area contributed by atoms with Gasteiger partial charge in [-0.25, -0.2) is 0 Å². The van der Waals surface area contributed by atoms with Crippen LogP contribution in [0.1, 0.15) is 29.9 Å². The molecule has 0 aliphatic rings. The monoisotopic (exact) mass is 391 g/mol. The predicted molar refractivity (Wildman–Crippen MR) is 115 cm³/mol. The van der Waals surface area contributed by atoms with Crippen LogP contribution in [0.4, 0.5) is 17.1 Å². The second kappa shape index (κ2) is 9.10. The highest BCUT2D eigenvalue weighted by Gasteiger charge is 2.13. The van der Waals surface area contributed by atoms with Crippen LogP contribution in [0.2, 0.25) is 0 Å². The van der Waals surface area contributed by atoms with Gasteiger partial charge in [0.2, 0.25) is 0 Å². The molecule has 0 aliphatic heterocycles. The Morgan fingerprint density at radius 1 is 1.00 bits per heavy atom. The lowest BCUT2D eigenvalue weighted by molar-refractivity contribution is 0.102. The lowest BCUT2D eigenvalue weighted by Gasteiger charge is -2.15. The van der Waals surface area contributed by atoms with E-state index in [1.165, 1.54) is 0 Å². The van der Waals surface area contributed by atoms with Gasteiger partial charge in [-0.05, 0) is 62.7 Å². The fourth-order valence-electron chi connectivity index (χ4n) is 2.82. The summed E-state index contributed by atoms with van der Waals surface area (Å²) < 4.78 is 11.2. The number of ether oxygens (including phenoxy) is 2. The molecule has 0 saturated heterocycles. The predicted octanol–water partition coefficient (Wildman–Crippen LogP) is 5.18. The molecule has 0 spiro atoms. The number of hydrogen-bond acceptors (Lipinski definition) is 5. The number of aromatic nitrogens is 1. The molecule has 6 heteroatoms. The summed E-state index contributed by atoms with van der Waals surface area (Å²) in [5.74, 6) is 1.03. The summed E-state index contributed by atoms with van der Waals surface area (Å²) in [6.45, 7) is 5.89. The van der Waals surface area contributed by atoms with Gasteiger partial charge in [0.05, 0.1) is 24.6 Å². The first-order valence-electron chi connectivity index (χ1n) is 9.41. The number of anilines is 3. The highest BCUT2D eigenvalue weighted by atomic mass is 16.5. The maximum absolute atomic E-state index is 12.8. The molecule has 29 heavy (non-hydrogen) atoms. The van der Waals surface area contributed by atoms with E-state index in [-0.39, 0.29) is 12.0 Å². The van der Waals surface area contributed by atoms with Crippen molar-refractivity contribution in [1.29, 1.82) is 0 Å².